The molecule has 0 bridgehead atoms. The van der Waals surface area contributed by atoms with Crippen molar-refractivity contribution in [1.29, 1.82) is 0 Å². The molecule has 0 heterocycles. The van der Waals surface area contributed by atoms with E-state index in [1.54, 1.807) is 0 Å². The molecular weight excluding hydrogens is 326 g/mol. The van der Waals surface area contributed by atoms with Gasteiger partial charge in [0.05, 0.1) is 5.66 Å². The van der Waals surface area contributed by atoms with E-state index >= 15 is 0 Å². The number of hydrogen-bond donors (Lipinski definition) is 3. The van der Waals surface area contributed by atoms with E-state index in [1.165, 1.54) is 36.4 Å². The highest BCUT2D eigenvalue weighted by molar-refractivity contribution is 7.85. The van der Waals surface area contributed by atoms with Crippen LogP contribution in [0.3, 0.4) is 0 Å². The van der Waals surface area contributed by atoms with Crippen LogP contribution >= 0.6 is 0 Å². The second kappa shape index (κ2) is 6.32. The molecule has 0 radical (unpaired) electrons. The minimum Gasteiger partial charge on any atom is -0.312 e. The average Bonchev–Trinajstić information content (AvgIpc) is 2.38. The largest absolute Gasteiger partial charge is 0.312 e. The standard InChI is InChI=1S/C15H16F2N2O3S/c16-11-5-3-4-10(8-11)14(12-6-1-2-7-13(12)17)15(18,19)9-23(20,21)22/h1-8,14H,9,18-19H2,(H,20,21,22). The zero-order valence-corrected chi connectivity index (χ0v) is 12.8. The van der Waals surface area contributed by atoms with Gasteiger partial charge in [-0.2, -0.15) is 8.42 Å². The molecule has 0 aliphatic carbocycles. The van der Waals surface area contributed by atoms with E-state index in [1.807, 2.05) is 0 Å². The highest BCUT2D eigenvalue weighted by Crippen LogP contribution is 2.33. The van der Waals surface area contributed by atoms with Crippen LogP contribution in [0.2, 0.25) is 0 Å². The zero-order valence-electron chi connectivity index (χ0n) is 12.0. The van der Waals surface area contributed by atoms with E-state index in [0.717, 1.165) is 12.1 Å². The van der Waals surface area contributed by atoms with E-state index in [0.29, 0.717) is 0 Å². The van der Waals surface area contributed by atoms with E-state index in [2.05, 4.69) is 0 Å². The predicted octanol–water partition coefficient (Wildman–Crippen LogP) is 1.60. The van der Waals surface area contributed by atoms with E-state index in [-0.39, 0.29) is 11.1 Å². The molecule has 0 saturated carbocycles. The molecule has 0 aliphatic rings. The highest BCUT2D eigenvalue weighted by atomic mass is 32.2. The van der Waals surface area contributed by atoms with Gasteiger partial charge in [0.1, 0.15) is 17.4 Å². The van der Waals surface area contributed by atoms with Crippen molar-refractivity contribution in [2.45, 2.75) is 11.6 Å². The molecule has 0 amide bonds. The molecule has 0 aliphatic heterocycles. The first-order chi connectivity index (χ1) is 10.6. The van der Waals surface area contributed by atoms with Crippen LogP contribution in [0.25, 0.3) is 0 Å². The smallest absolute Gasteiger partial charge is 0.268 e. The Bertz CT molecular complexity index is 810. The summed E-state index contributed by atoms with van der Waals surface area (Å²) < 4.78 is 59.2. The van der Waals surface area contributed by atoms with Gasteiger partial charge in [0.2, 0.25) is 0 Å². The first kappa shape index (κ1) is 17.5. The Hall–Kier alpha value is -1.87. The van der Waals surface area contributed by atoms with Gasteiger partial charge >= 0.3 is 0 Å². The maximum Gasteiger partial charge on any atom is 0.268 e. The van der Waals surface area contributed by atoms with Gasteiger partial charge in [-0.3, -0.25) is 4.55 Å². The summed E-state index contributed by atoms with van der Waals surface area (Å²) in [5, 5.41) is 0. The Morgan fingerprint density at radius 3 is 2.30 bits per heavy atom. The van der Waals surface area contributed by atoms with Gasteiger partial charge in [0, 0.05) is 5.92 Å². The molecule has 2 aromatic carbocycles. The number of nitrogens with two attached hydrogens (primary N) is 2. The zero-order chi connectivity index (χ0) is 17.3. The molecule has 5 N–H and O–H groups in total. The molecule has 23 heavy (non-hydrogen) atoms. The van der Waals surface area contributed by atoms with Crippen molar-refractivity contribution in [2.24, 2.45) is 11.5 Å². The summed E-state index contributed by atoms with van der Waals surface area (Å²) in [6.45, 7) is 0. The molecule has 8 heteroatoms. The topological polar surface area (TPSA) is 106 Å². The van der Waals surface area contributed by atoms with Gasteiger partial charge in [-0.1, -0.05) is 30.3 Å². The van der Waals surface area contributed by atoms with Crippen LogP contribution in [0, 0.1) is 11.6 Å². The lowest BCUT2D eigenvalue weighted by Crippen LogP contribution is -2.59. The summed E-state index contributed by atoms with van der Waals surface area (Å²) in [6.07, 6.45) is 0. The Labute approximate surface area is 132 Å². The molecule has 5 nitrogen and oxygen atoms in total. The predicted molar refractivity (Wildman–Crippen MR) is 82.2 cm³/mol. The van der Waals surface area contributed by atoms with Gasteiger partial charge in [-0.05, 0) is 29.3 Å². The van der Waals surface area contributed by atoms with Gasteiger partial charge in [0.25, 0.3) is 10.1 Å². The maximum absolute atomic E-state index is 14.2. The molecular formula is C15H16F2N2O3S. The van der Waals surface area contributed by atoms with E-state index in [9.17, 15) is 17.2 Å². The Balaban J connectivity index is 2.63. The van der Waals surface area contributed by atoms with E-state index in [4.69, 9.17) is 16.0 Å². The summed E-state index contributed by atoms with van der Waals surface area (Å²) in [6, 6.07) is 10.6. The van der Waals surface area contributed by atoms with Gasteiger partial charge in [-0.25, -0.2) is 8.78 Å². The van der Waals surface area contributed by atoms with Crippen molar-refractivity contribution >= 4 is 10.1 Å². The van der Waals surface area contributed by atoms with Gasteiger partial charge in [-0.15, -0.1) is 0 Å². The minimum atomic E-state index is -4.53. The number of hydrogen-bond acceptors (Lipinski definition) is 4. The van der Waals surface area contributed by atoms with Crippen LogP contribution in [0.4, 0.5) is 8.78 Å². The fourth-order valence-corrected chi connectivity index (χ4v) is 3.37. The molecule has 1 atom stereocenters. The number of benzene rings is 2. The van der Waals surface area contributed by atoms with Crippen molar-refractivity contribution in [1.82, 2.24) is 0 Å². The Morgan fingerprint density at radius 1 is 1.09 bits per heavy atom. The van der Waals surface area contributed by atoms with Crippen molar-refractivity contribution < 1.29 is 21.8 Å². The summed E-state index contributed by atoms with van der Waals surface area (Å²) in [5.74, 6) is -3.47. The lowest BCUT2D eigenvalue weighted by atomic mass is 9.82. The van der Waals surface area contributed by atoms with Gasteiger partial charge in [0.15, 0.2) is 0 Å². The van der Waals surface area contributed by atoms with Crippen molar-refractivity contribution in [3.63, 3.8) is 0 Å². The highest BCUT2D eigenvalue weighted by Gasteiger charge is 2.38. The van der Waals surface area contributed by atoms with E-state index < -0.39 is 39.1 Å². The normalized spacial score (nSPS) is 13.8. The van der Waals surface area contributed by atoms with Crippen LogP contribution in [-0.2, 0) is 10.1 Å². The minimum absolute atomic E-state index is 0.00625. The second-order valence-corrected chi connectivity index (χ2v) is 6.80. The molecule has 0 aromatic heterocycles. The molecule has 2 aromatic rings. The lowest BCUT2D eigenvalue weighted by Gasteiger charge is -2.34. The third-order valence-electron chi connectivity index (χ3n) is 3.37. The number of halogens is 2. The molecule has 1 unspecified atom stereocenters. The third kappa shape index (κ3) is 4.32. The van der Waals surface area contributed by atoms with Crippen molar-refractivity contribution in [2.75, 3.05) is 5.75 Å². The number of rotatable bonds is 5. The fraction of sp³-hybridized carbons (Fsp3) is 0.200. The monoisotopic (exact) mass is 342 g/mol. The Kier molecular flexibility index (Phi) is 4.81. The average molecular weight is 342 g/mol. The first-order valence-electron chi connectivity index (χ1n) is 6.63. The Morgan fingerprint density at radius 2 is 1.74 bits per heavy atom. The summed E-state index contributed by atoms with van der Waals surface area (Å²) in [5.41, 5.74) is 9.91. The molecule has 2 rings (SSSR count). The van der Waals surface area contributed by atoms with Crippen molar-refractivity contribution in [3.8, 4) is 0 Å². The third-order valence-corrected chi connectivity index (χ3v) is 4.23. The first-order valence-corrected chi connectivity index (χ1v) is 8.24. The molecule has 124 valence electrons. The SMILES string of the molecule is NC(N)(CS(=O)(=O)O)C(c1cccc(F)c1)c1ccccc1F. The van der Waals surface area contributed by atoms with Crippen molar-refractivity contribution in [3.05, 3.63) is 71.3 Å². The molecule has 0 spiro atoms. The van der Waals surface area contributed by atoms with Crippen LogP contribution in [0.1, 0.15) is 17.0 Å². The van der Waals surface area contributed by atoms with Gasteiger partial charge < -0.3 is 11.5 Å². The summed E-state index contributed by atoms with van der Waals surface area (Å²) >= 11 is 0. The quantitative estimate of drug-likeness (QED) is 0.565. The van der Waals surface area contributed by atoms with Crippen LogP contribution in [0.15, 0.2) is 48.5 Å². The second-order valence-electron chi connectivity index (χ2n) is 5.35. The maximum atomic E-state index is 14.2. The van der Waals surface area contributed by atoms with Crippen LogP contribution < -0.4 is 11.5 Å². The lowest BCUT2D eigenvalue weighted by molar-refractivity contribution is 0.396. The van der Waals surface area contributed by atoms with Crippen LogP contribution in [-0.4, -0.2) is 24.4 Å². The fourth-order valence-electron chi connectivity index (χ4n) is 2.57. The molecule has 0 fully saturated rings. The molecule has 0 saturated heterocycles. The van der Waals surface area contributed by atoms with Crippen LogP contribution in [0.5, 0.6) is 0 Å². The summed E-state index contributed by atoms with van der Waals surface area (Å²) in [7, 11) is -4.53. The summed E-state index contributed by atoms with van der Waals surface area (Å²) in [4.78, 5) is 0.